The van der Waals surface area contributed by atoms with E-state index in [0.717, 1.165) is 16.7 Å². The molecule has 0 spiro atoms. The monoisotopic (exact) mass is 425 g/mol. The van der Waals surface area contributed by atoms with Crippen molar-refractivity contribution in [2.75, 3.05) is 5.32 Å². The van der Waals surface area contributed by atoms with Gasteiger partial charge in [0.05, 0.1) is 5.56 Å². The van der Waals surface area contributed by atoms with Gasteiger partial charge in [0.25, 0.3) is 5.91 Å². The summed E-state index contributed by atoms with van der Waals surface area (Å²) in [6.45, 7) is 0. The molecule has 1 atom stereocenters. The summed E-state index contributed by atoms with van der Waals surface area (Å²) in [7, 11) is 1.75. The molecule has 0 saturated heterocycles. The molecule has 0 aliphatic carbocycles. The number of anilines is 1. The highest BCUT2D eigenvalue weighted by Crippen LogP contribution is 2.31. The zero-order valence-corrected chi connectivity index (χ0v) is 17.2. The molecule has 1 amide bonds. The number of nitrogens with one attached hydrogen (secondary N) is 1. The fraction of sp³-hybridized carbons (Fsp3) is 0.125. The largest absolute Gasteiger partial charge is 0.454 e. The minimum Gasteiger partial charge on any atom is -0.454 e. The van der Waals surface area contributed by atoms with E-state index in [0.29, 0.717) is 29.1 Å². The first-order valence-electron chi connectivity index (χ1n) is 10.1. The van der Waals surface area contributed by atoms with Gasteiger partial charge in [0.15, 0.2) is 5.82 Å². The van der Waals surface area contributed by atoms with Gasteiger partial charge in [0.1, 0.15) is 6.10 Å². The van der Waals surface area contributed by atoms with E-state index < -0.39 is 0 Å². The van der Waals surface area contributed by atoms with Crippen LogP contribution in [0.3, 0.4) is 0 Å². The number of aryl methyl sites for hydroxylation is 1. The predicted molar refractivity (Wildman–Crippen MR) is 117 cm³/mol. The van der Waals surface area contributed by atoms with Gasteiger partial charge in [-0.2, -0.15) is 0 Å². The number of hydrogen-bond donors (Lipinski definition) is 1. The van der Waals surface area contributed by atoms with E-state index >= 15 is 0 Å². The number of ether oxygens (including phenoxy) is 1. The summed E-state index contributed by atoms with van der Waals surface area (Å²) in [5.74, 6) is -0.0476. The quantitative estimate of drug-likeness (QED) is 0.502. The Labute approximate surface area is 183 Å². The molecule has 158 valence electrons. The SMILES string of the molecule is Cn1nnnc1-c1cccc(NC(=O)c2ccc3c(c2)C[C@H](c2ccccc2)OC3=O)c1. The molecule has 4 aromatic rings. The minimum absolute atomic E-state index is 0.267. The Kier molecular flexibility index (Phi) is 4.95. The van der Waals surface area contributed by atoms with Gasteiger partial charge in [-0.05, 0) is 51.9 Å². The minimum atomic E-state index is -0.378. The Balaban J connectivity index is 1.38. The Bertz CT molecular complexity index is 1320. The molecule has 1 aromatic heterocycles. The molecular formula is C24H19N5O3. The molecule has 1 aliphatic rings. The zero-order chi connectivity index (χ0) is 22.1. The third-order valence-corrected chi connectivity index (χ3v) is 5.41. The topological polar surface area (TPSA) is 99.0 Å². The van der Waals surface area contributed by atoms with Crippen LogP contribution in [0.2, 0.25) is 0 Å². The van der Waals surface area contributed by atoms with Crippen LogP contribution in [0, 0.1) is 0 Å². The highest BCUT2D eigenvalue weighted by atomic mass is 16.5. The maximum Gasteiger partial charge on any atom is 0.339 e. The van der Waals surface area contributed by atoms with Gasteiger partial charge >= 0.3 is 5.97 Å². The number of fused-ring (bicyclic) bond motifs is 1. The molecule has 2 heterocycles. The van der Waals surface area contributed by atoms with Crippen molar-refractivity contribution in [1.82, 2.24) is 20.2 Å². The Morgan fingerprint density at radius 1 is 1.06 bits per heavy atom. The second-order valence-electron chi connectivity index (χ2n) is 7.54. The van der Waals surface area contributed by atoms with Crippen molar-refractivity contribution < 1.29 is 14.3 Å². The molecule has 0 bridgehead atoms. The van der Waals surface area contributed by atoms with Crippen molar-refractivity contribution in [1.29, 1.82) is 0 Å². The molecule has 32 heavy (non-hydrogen) atoms. The average molecular weight is 425 g/mol. The first-order valence-corrected chi connectivity index (χ1v) is 10.1. The van der Waals surface area contributed by atoms with E-state index in [9.17, 15) is 9.59 Å². The number of benzene rings is 3. The van der Waals surface area contributed by atoms with Crippen LogP contribution in [0.5, 0.6) is 0 Å². The standard InChI is InChI=1S/C24H19N5O3/c1-29-22(26-27-28-29)16-8-5-9-19(13-16)25-23(30)17-10-11-20-18(12-17)14-21(32-24(20)31)15-6-3-2-4-7-15/h2-13,21H,14H2,1H3,(H,25,30)/t21-/m1/s1. The normalized spacial score (nSPS) is 15.0. The first-order chi connectivity index (χ1) is 15.6. The van der Waals surface area contributed by atoms with E-state index in [2.05, 4.69) is 20.8 Å². The van der Waals surface area contributed by atoms with Crippen LogP contribution >= 0.6 is 0 Å². The van der Waals surface area contributed by atoms with Crippen LogP contribution in [0.15, 0.2) is 72.8 Å². The number of carbonyl (C=O) groups is 2. The van der Waals surface area contributed by atoms with E-state index in [1.165, 1.54) is 0 Å². The van der Waals surface area contributed by atoms with E-state index in [1.807, 2.05) is 48.5 Å². The number of esters is 1. The summed E-state index contributed by atoms with van der Waals surface area (Å²) < 4.78 is 7.16. The van der Waals surface area contributed by atoms with E-state index in [4.69, 9.17) is 4.74 Å². The summed E-state index contributed by atoms with van der Waals surface area (Å²) in [5.41, 5.74) is 4.09. The maximum atomic E-state index is 12.9. The molecule has 8 nitrogen and oxygen atoms in total. The summed E-state index contributed by atoms with van der Waals surface area (Å²) in [6, 6.07) is 21.9. The van der Waals surface area contributed by atoms with Gasteiger partial charge in [-0.3, -0.25) is 4.79 Å². The van der Waals surface area contributed by atoms with Gasteiger partial charge in [-0.15, -0.1) is 5.10 Å². The van der Waals surface area contributed by atoms with Gasteiger partial charge in [-0.25, -0.2) is 9.48 Å². The second-order valence-corrected chi connectivity index (χ2v) is 7.54. The Morgan fingerprint density at radius 3 is 2.69 bits per heavy atom. The van der Waals surface area contributed by atoms with Crippen molar-refractivity contribution in [3.8, 4) is 11.4 Å². The number of aromatic nitrogens is 4. The molecule has 0 saturated carbocycles. The Hall–Kier alpha value is -4.33. The smallest absolute Gasteiger partial charge is 0.339 e. The summed E-state index contributed by atoms with van der Waals surface area (Å²) >= 11 is 0. The molecule has 0 fully saturated rings. The van der Waals surface area contributed by atoms with Crippen molar-refractivity contribution in [2.24, 2.45) is 7.05 Å². The van der Waals surface area contributed by atoms with Crippen molar-refractivity contribution >= 4 is 17.6 Å². The van der Waals surface area contributed by atoms with Crippen LogP contribution in [-0.4, -0.2) is 32.1 Å². The van der Waals surface area contributed by atoms with Gasteiger partial charge in [-0.1, -0.05) is 42.5 Å². The lowest BCUT2D eigenvalue weighted by atomic mass is 9.93. The van der Waals surface area contributed by atoms with Gasteiger partial charge in [0, 0.05) is 30.3 Å². The lowest BCUT2D eigenvalue weighted by molar-refractivity contribution is 0.0252. The summed E-state index contributed by atoms with van der Waals surface area (Å²) in [4.78, 5) is 25.4. The number of rotatable bonds is 4. The highest BCUT2D eigenvalue weighted by molar-refractivity contribution is 6.05. The predicted octanol–water partition coefficient (Wildman–Crippen LogP) is 3.58. The lowest BCUT2D eigenvalue weighted by Gasteiger charge is -2.25. The summed E-state index contributed by atoms with van der Waals surface area (Å²) in [6.07, 6.45) is 0.145. The first kappa shape index (κ1) is 19.6. The fourth-order valence-corrected chi connectivity index (χ4v) is 3.80. The fourth-order valence-electron chi connectivity index (χ4n) is 3.80. The number of amides is 1. The molecule has 5 rings (SSSR count). The van der Waals surface area contributed by atoms with Gasteiger partial charge in [0.2, 0.25) is 0 Å². The third-order valence-electron chi connectivity index (χ3n) is 5.41. The lowest BCUT2D eigenvalue weighted by Crippen LogP contribution is -2.23. The van der Waals surface area contributed by atoms with Crippen molar-refractivity contribution in [3.63, 3.8) is 0 Å². The van der Waals surface area contributed by atoms with E-state index in [-0.39, 0.29) is 18.0 Å². The number of cyclic esters (lactones) is 1. The second kappa shape index (κ2) is 8.07. The highest BCUT2D eigenvalue weighted by Gasteiger charge is 2.28. The number of carbonyl (C=O) groups excluding carboxylic acids is 2. The summed E-state index contributed by atoms with van der Waals surface area (Å²) in [5, 5.41) is 14.4. The maximum absolute atomic E-state index is 12.9. The molecule has 0 unspecified atom stereocenters. The van der Waals surface area contributed by atoms with Crippen molar-refractivity contribution in [2.45, 2.75) is 12.5 Å². The van der Waals surface area contributed by atoms with E-state index in [1.54, 1.807) is 36.0 Å². The molecule has 1 N–H and O–H groups in total. The van der Waals surface area contributed by atoms with Crippen LogP contribution in [0.4, 0.5) is 5.69 Å². The number of nitrogens with zero attached hydrogens (tertiary/aromatic N) is 4. The molecular weight excluding hydrogens is 406 g/mol. The van der Waals surface area contributed by atoms with Gasteiger partial charge < -0.3 is 10.1 Å². The Morgan fingerprint density at radius 2 is 1.91 bits per heavy atom. The molecule has 3 aromatic carbocycles. The van der Waals surface area contributed by atoms with Crippen LogP contribution in [0.1, 0.15) is 37.9 Å². The average Bonchev–Trinajstić information content (AvgIpc) is 3.25. The van der Waals surface area contributed by atoms with Crippen molar-refractivity contribution in [3.05, 3.63) is 95.1 Å². The van der Waals surface area contributed by atoms with Crippen LogP contribution in [-0.2, 0) is 18.2 Å². The van der Waals surface area contributed by atoms with Crippen LogP contribution < -0.4 is 5.32 Å². The third kappa shape index (κ3) is 3.74. The van der Waals surface area contributed by atoms with Crippen LogP contribution in [0.25, 0.3) is 11.4 Å². The molecule has 0 radical (unpaired) electrons. The molecule has 1 aliphatic heterocycles. The number of tetrazole rings is 1. The number of hydrogen-bond acceptors (Lipinski definition) is 6. The molecule has 8 heteroatoms. The zero-order valence-electron chi connectivity index (χ0n) is 17.2.